The first-order valence-corrected chi connectivity index (χ1v) is 8.99. The van der Waals surface area contributed by atoms with E-state index in [4.69, 9.17) is 22.6 Å². The first-order valence-electron chi connectivity index (χ1n) is 7.66. The molecule has 0 heterocycles. The van der Waals surface area contributed by atoms with Gasteiger partial charge in [-0.3, -0.25) is 13.2 Å². The normalized spacial score (nSPS) is 7.83. The van der Waals surface area contributed by atoms with E-state index in [-0.39, 0.29) is 61.4 Å². The third-order valence-electron chi connectivity index (χ3n) is 2.99. The number of carbonyl (C=O) groups is 1. The van der Waals surface area contributed by atoms with Gasteiger partial charge in [0.05, 0.1) is 0 Å². The Morgan fingerprint density at radius 2 is 0.862 bits per heavy atom. The summed E-state index contributed by atoms with van der Waals surface area (Å²) in [6.45, 7) is 2.25. The zero-order chi connectivity index (χ0) is 16.6. The molecule has 0 atom stereocenters. The smallest absolute Gasteiger partial charge is 0.759 e. The molecule has 0 aliphatic rings. The summed E-state index contributed by atoms with van der Waals surface area (Å²) in [7, 11) is -5.17. The minimum absolute atomic E-state index is 0. The molecule has 0 fully saturated rings. The van der Waals surface area contributed by atoms with Crippen LogP contribution in [0.4, 0.5) is 0 Å². The molecule has 0 aromatic heterocycles. The summed E-state index contributed by atoms with van der Waals surface area (Å²) in [5.74, 6) is -0.657. The maximum absolute atomic E-state index is 10.3. The van der Waals surface area contributed by atoms with Gasteiger partial charge in [-0.15, -0.1) is 0 Å². The SMILES string of the molecule is CCCCCCCCCCCCCC(=O)O.O.O.O.O.O.O.O.O=S(=O)([O-])[O-].[Mg+2]. The van der Waals surface area contributed by atoms with Gasteiger partial charge in [-0.2, -0.15) is 0 Å². The van der Waals surface area contributed by atoms with Crippen LogP contribution in [-0.2, 0) is 15.2 Å². The van der Waals surface area contributed by atoms with Crippen molar-refractivity contribution in [3.05, 3.63) is 0 Å². The van der Waals surface area contributed by atoms with E-state index < -0.39 is 16.4 Å². The summed E-state index contributed by atoms with van der Waals surface area (Å²) in [5, 5.41) is 8.46. The Hall–Kier alpha value is -0.174. The molecule has 29 heavy (non-hydrogen) atoms. The third-order valence-corrected chi connectivity index (χ3v) is 2.99. The van der Waals surface area contributed by atoms with Gasteiger partial charge in [0, 0.05) is 16.8 Å². The summed E-state index contributed by atoms with van der Waals surface area (Å²) in [5.41, 5.74) is 0. The molecule has 0 aromatic rings. The van der Waals surface area contributed by atoms with E-state index >= 15 is 0 Å². The zero-order valence-corrected chi connectivity index (χ0v) is 19.3. The molecule has 184 valence electrons. The number of hydrogen-bond donors (Lipinski definition) is 1. The van der Waals surface area contributed by atoms with E-state index in [1.54, 1.807) is 0 Å². The van der Waals surface area contributed by atoms with Crippen LogP contribution in [0.2, 0.25) is 0 Å². The van der Waals surface area contributed by atoms with Crippen molar-refractivity contribution in [3.63, 3.8) is 0 Å². The van der Waals surface area contributed by atoms with E-state index in [1.165, 1.54) is 57.8 Å². The van der Waals surface area contributed by atoms with Crippen molar-refractivity contribution in [2.24, 2.45) is 0 Å². The van der Waals surface area contributed by atoms with Crippen LogP contribution in [0.15, 0.2) is 0 Å². The molecule has 0 unspecified atom stereocenters. The largest absolute Gasteiger partial charge is 2.00 e. The van der Waals surface area contributed by atoms with Gasteiger partial charge in [0.15, 0.2) is 0 Å². The Kier molecular flexibility index (Phi) is 100. The van der Waals surface area contributed by atoms with Crippen molar-refractivity contribution in [2.75, 3.05) is 0 Å². The molecule has 0 aliphatic carbocycles. The fourth-order valence-electron chi connectivity index (χ4n) is 1.94. The van der Waals surface area contributed by atoms with E-state index in [1.807, 2.05) is 0 Å². The standard InChI is InChI=1S/C14H28O2.Mg.H2O4S.7H2O/c1-2-3-4-5-6-7-8-9-10-11-12-13-14(15)16;;1-5(2,3)4;;;;;;;/h2-13H2,1H3,(H,15,16);;(H2,1,2,3,4);7*1H2/q;+2;;;;;;;;/p-2. The van der Waals surface area contributed by atoms with Crippen molar-refractivity contribution in [1.29, 1.82) is 0 Å². The van der Waals surface area contributed by atoms with E-state index in [9.17, 15) is 4.79 Å². The third kappa shape index (κ3) is 113. The van der Waals surface area contributed by atoms with Gasteiger partial charge < -0.3 is 52.5 Å². The van der Waals surface area contributed by atoms with Crippen LogP contribution in [0.3, 0.4) is 0 Å². The molecule has 13 nitrogen and oxygen atoms in total. The van der Waals surface area contributed by atoms with Crippen molar-refractivity contribution < 1.29 is 65.8 Å². The summed E-state index contributed by atoms with van der Waals surface area (Å²) >= 11 is 0. The van der Waals surface area contributed by atoms with Gasteiger partial charge in [0.1, 0.15) is 0 Å². The number of hydrogen-bond acceptors (Lipinski definition) is 5. The van der Waals surface area contributed by atoms with Crippen molar-refractivity contribution >= 4 is 39.4 Å². The molecule has 15 N–H and O–H groups in total. The molecule has 0 amide bonds. The molecule has 0 radical (unpaired) electrons. The van der Waals surface area contributed by atoms with Crippen molar-refractivity contribution in [1.82, 2.24) is 0 Å². The Morgan fingerprint density at radius 1 is 0.655 bits per heavy atom. The predicted octanol–water partition coefficient (Wildman–Crippen LogP) is -2.72. The summed E-state index contributed by atoms with van der Waals surface area (Å²) < 4.78 is 34.1. The van der Waals surface area contributed by atoms with Crippen LogP contribution in [0.5, 0.6) is 0 Å². The van der Waals surface area contributed by atoms with E-state index in [2.05, 4.69) is 6.92 Å². The van der Waals surface area contributed by atoms with Crippen LogP contribution in [0.1, 0.15) is 84.0 Å². The van der Waals surface area contributed by atoms with E-state index in [0.29, 0.717) is 6.42 Å². The Morgan fingerprint density at radius 3 is 1.07 bits per heavy atom. The van der Waals surface area contributed by atoms with E-state index in [0.717, 1.165) is 12.8 Å². The molecule has 0 rings (SSSR count). The number of aliphatic carboxylic acids is 1. The average Bonchev–Trinajstić information content (AvgIpc) is 2.33. The zero-order valence-electron chi connectivity index (χ0n) is 17.1. The predicted molar refractivity (Wildman–Crippen MR) is 110 cm³/mol. The van der Waals surface area contributed by atoms with Crippen molar-refractivity contribution in [2.45, 2.75) is 84.0 Å². The van der Waals surface area contributed by atoms with Crippen LogP contribution in [0, 0.1) is 0 Å². The molecule has 0 saturated heterocycles. The van der Waals surface area contributed by atoms with Crippen LogP contribution in [-0.4, -0.2) is 90.0 Å². The molecule has 0 saturated carbocycles. The number of rotatable bonds is 12. The summed E-state index contributed by atoms with van der Waals surface area (Å²) in [4.78, 5) is 10.3. The topological polar surface area (TPSA) is 338 Å². The van der Waals surface area contributed by atoms with Gasteiger partial charge in [-0.25, -0.2) is 0 Å². The quantitative estimate of drug-likeness (QED) is 0.135. The second kappa shape index (κ2) is 46.2. The average molecular weight is 475 g/mol. The second-order valence-electron chi connectivity index (χ2n) is 5.09. The van der Waals surface area contributed by atoms with Gasteiger partial charge in [0.25, 0.3) is 0 Å². The van der Waals surface area contributed by atoms with Gasteiger partial charge >= 0.3 is 29.0 Å². The second-order valence-corrected chi connectivity index (χ2v) is 5.90. The number of carboxylic acids is 1. The van der Waals surface area contributed by atoms with Gasteiger partial charge in [-0.05, 0) is 6.42 Å². The van der Waals surface area contributed by atoms with Gasteiger partial charge in [0.2, 0.25) is 0 Å². The maximum Gasteiger partial charge on any atom is 2.00 e. The Bertz CT molecular complexity index is 334. The first-order chi connectivity index (χ1) is 9.77. The fourth-order valence-corrected chi connectivity index (χ4v) is 1.94. The minimum atomic E-state index is -5.17. The Balaban J connectivity index is -0.0000000314. The summed E-state index contributed by atoms with van der Waals surface area (Å²) in [6, 6.07) is 0. The number of carboxylic acid groups (broad SMARTS) is 1. The Labute approximate surface area is 189 Å². The molecule has 15 heteroatoms. The molecule has 0 spiro atoms. The van der Waals surface area contributed by atoms with Gasteiger partial charge in [-0.1, -0.05) is 71.1 Å². The molecular weight excluding hydrogens is 433 g/mol. The van der Waals surface area contributed by atoms with Crippen molar-refractivity contribution in [3.8, 4) is 0 Å². The maximum atomic E-state index is 10.3. The van der Waals surface area contributed by atoms with Crippen LogP contribution < -0.4 is 0 Å². The fraction of sp³-hybridized carbons (Fsp3) is 0.929. The molecule has 0 aromatic carbocycles. The first kappa shape index (κ1) is 63.0. The minimum Gasteiger partial charge on any atom is -0.759 e. The molecular formula is C14H42MgO13S. The molecule has 0 aliphatic heterocycles. The van der Waals surface area contributed by atoms with Crippen LogP contribution in [0.25, 0.3) is 0 Å². The summed E-state index contributed by atoms with van der Waals surface area (Å²) in [6.07, 6.45) is 14.4. The molecule has 0 bridgehead atoms. The monoisotopic (exact) mass is 474 g/mol. The number of unbranched alkanes of at least 4 members (excludes halogenated alkanes) is 10. The van der Waals surface area contributed by atoms with Crippen LogP contribution >= 0.6 is 0 Å².